The van der Waals surface area contributed by atoms with E-state index in [2.05, 4.69) is 15.8 Å². The number of nitrogens with one attached hydrogen (secondary N) is 1. The van der Waals surface area contributed by atoms with Crippen LogP contribution in [0.3, 0.4) is 0 Å². The molecule has 2 aromatic carbocycles. The van der Waals surface area contributed by atoms with Gasteiger partial charge in [-0.05, 0) is 61.6 Å². The molecule has 2 atom stereocenters. The van der Waals surface area contributed by atoms with E-state index in [0.717, 1.165) is 45.0 Å². The van der Waals surface area contributed by atoms with Crippen LogP contribution in [0.4, 0.5) is 0 Å². The minimum Gasteiger partial charge on any atom is -0.490 e. The van der Waals surface area contributed by atoms with E-state index >= 15 is 0 Å². The lowest BCUT2D eigenvalue weighted by Gasteiger charge is -2.13. The van der Waals surface area contributed by atoms with Crippen molar-refractivity contribution in [1.82, 2.24) is 9.71 Å². The standard InChI is InChI=1S/C24H23N3O4S2/c1-14(2)31-21-9-6-15(10-16(21)11-25)24-26-12-22(32-24)19-5-3-4-18-17(19)7-8-20(18)27-33(30)13-23(28)29/h3-6,9-10,12,14,20,27H,7-8,13H2,1-2H3,(H,28,29)/t20-,33?/m1/s1. The summed E-state index contributed by atoms with van der Waals surface area (Å²) >= 11 is 1.55. The van der Waals surface area contributed by atoms with Crippen LogP contribution < -0.4 is 9.46 Å². The van der Waals surface area contributed by atoms with Gasteiger partial charge in [-0.15, -0.1) is 11.3 Å². The van der Waals surface area contributed by atoms with Crippen LogP contribution in [0, 0.1) is 11.3 Å². The molecule has 1 aliphatic carbocycles. The zero-order valence-electron chi connectivity index (χ0n) is 18.2. The molecular formula is C24H23N3O4S2. The monoisotopic (exact) mass is 481 g/mol. The summed E-state index contributed by atoms with van der Waals surface area (Å²) in [6.07, 6.45) is 3.38. The normalized spacial score (nSPS) is 15.8. The molecule has 7 nitrogen and oxygen atoms in total. The summed E-state index contributed by atoms with van der Waals surface area (Å²) in [5.74, 6) is -0.948. The van der Waals surface area contributed by atoms with Crippen LogP contribution in [-0.2, 0) is 22.2 Å². The van der Waals surface area contributed by atoms with Gasteiger partial charge in [-0.3, -0.25) is 4.79 Å². The number of hydrogen-bond acceptors (Lipinski definition) is 6. The third-order valence-electron chi connectivity index (χ3n) is 5.28. The molecule has 0 spiro atoms. The van der Waals surface area contributed by atoms with Crippen LogP contribution in [0.15, 0.2) is 42.6 Å². The molecule has 0 radical (unpaired) electrons. The van der Waals surface area contributed by atoms with Gasteiger partial charge in [0.05, 0.1) is 16.5 Å². The van der Waals surface area contributed by atoms with Crippen molar-refractivity contribution in [1.29, 1.82) is 5.26 Å². The first-order valence-corrected chi connectivity index (χ1v) is 12.6. The second kappa shape index (κ2) is 9.83. The Morgan fingerprint density at radius 1 is 1.39 bits per heavy atom. The first-order valence-electron chi connectivity index (χ1n) is 10.5. The van der Waals surface area contributed by atoms with E-state index in [1.165, 1.54) is 0 Å². The molecule has 0 saturated heterocycles. The number of carboxylic acids is 1. The van der Waals surface area contributed by atoms with E-state index in [9.17, 15) is 14.3 Å². The highest BCUT2D eigenvalue weighted by molar-refractivity contribution is 7.83. The number of hydrogen-bond donors (Lipinski definition) is 2. The van der Waals surface area contributed by atoms with E-state index in [0.29, 0.717) is 11.3 Å². The average molecular weight is 482 g/mol. The molecule has 9 heteroatoms. The largest absolute Gasteiger partial charge is 0.490 e. The lowest BCUT2D eigenvalue weighted by atomic mass is 10.0. The number of nitriles is 1. The van der Waals surface area contributed by atoms with E-state index < -0.39 is 22.7 Å². The van der Waals surface area contributed by atoms with Gasteiger partial charge in [0, 0.05) is 17.8 Å². The molecule has 2 N–H and O–H groups in total. The molecule has 0 bridgehead atoms. The van der Waals surface area contributed by atoms with Gasteiger partial charge in [0.2, 0.25) is 0 Å². The van der Waals surface area contributed by atoms with Gasteiger partial charge in [-0.2, -0.15) is 5.26 Å². The number of nitrogens with zero attached hydrogens (tertiary/aromatic N) is 2. The molecule has 0 saturated carbocycles. The number of thiazole rings is 1. The minimum absolute atomic E-state index is 0.0190. The molecule has 0 fully saturated rings. The number of aromatic nitrogens is 1. The summed E-state index contributed by atoms with van der Waals surface area (Å²) in [7, 11) is -1.62. The van der Waals surface area contributed by atoms with Crippen LogP contribution >= 0.6 is 11.3 Å². The first kappa shape index (κ1) is 23.1. The van der Waals surface area contributed by atoms with Crippen molar-refractivity contribution in [2.24, 2.45) is 0 Å². The number of aliphatic carboxylic acids is 1. The van der Waals surface area contributed by atoms with E-state index in [1.54, 1.807) is 17.4 Å². The maximum atomic E-state index is 12.0. The van der Waals surface area contributed by atoms with Crippen molar-refractivity contribution in [2.45, 2.75) is 38.8 Å². The molecule has 1 aliphatic rings. The molecule has 3 aromatic rings. The number of benzene rings is 2. The fraction of sp³-hybridized carbons (Fsp3) is 0.292. The molecule has 170 valence electrons. The summed E-state index contributed by atoms with van der Waals surface area (Å²) < 4.78 is 20.7. The topological polar surface area (TPSA) is 112 Å². The Bertz CT molecular complexity index is 1260. The molecule has 1 aromatic heterocycles. The Morgan fingerprint density at radius 3 is 2.94 bits per heavy atom. The predicted octanol–water partition coefficient (Wildman–Crippen LogP) is 4.46. The smallest absolute Gasteiger partial charge is 0.317 e. The fourth-order valence-corrected chi connectivity index (χ4v) is 5.79. The number of fused-ring (bicyclic) bond motifs is 1. The van der Waals surface area contributed by atoms with Crippen molar-refractivity contribution in [3.63, 3.8) is 0 Å². The van der Waals surface area contributed by atoms with E-state index in [1.807, 2.05) is 50.4 Å². The minimum atomic E-state index is -1.62. The van der Waals surface area contributed by atoms with Crippen LogP contribution in [0.25, 0.3) is 21.0 Å². The molecular weight excluding hydrogens is 458 g/mol. The number of ether oxygens (including phenoxy) is 1. The summed E-state index contributed by atoms with van der Waals surface area (Å²) in [5.41, 5.74) is 4.61. The Morgan fingerprint density at radius 2 is 2.21 bits per heavy atom. The fourth-order valence-electron chi connectivity index (χ4n) is 3.96. The second-order valence-corrected chi connectivity index (χ2v) is 10.2. The van der Waals surface area contributed by atoms with Crippen LogP contribution in [0.1, 0.15) is 43.0 Å². The molecule has 0 amide bonds. The maximum Gasteiger partial charge on any atom is 0.317 e. The van der Waals surface area contributed by atoms with Gasteiger partial charge in [-0.25, -0.2) is 13.9 Å². The highest BCUT2D eigenvalue weighted by Gasteiger charge is 2.27. The van der Waals surface area contributed by atoms with Crippen LogP contribution in [-0.4, -0.2) is 32.1 Å². The maximum absolute atomic E-state index is 12.0. The van der Waals surface area contributed by atoms with Crippen LogP contribution in [0.5, 0.6) is 5.75 Å². The third kappa shape index (κ3) is 5.14. The van der Waals surface area contributed by atoms with Gasteiger partial charge < -0.3 is 9.84 Å². The van der Waals surface area contributed by atoms with Crippen molar-refractivity contribution >= 4 is 28.3 Å². The highest BCUT2D eigenvalue weighted by atomic mass is 32.2. The van der Waals surface area contributed by atoms with Gasteiger partial charge in [-0.1, -0.05) is 18.2 Å². The Hall–Kier alpha value is -3.06. The van der Waals surface area contributed by atoms with Gasteiger partial charge >= 0.3 is 5.97 Å². The molecule has 4 rings (SSSR count). The zero-order chi connectivity index (χ0) is 23.5. The average Bonchev–Trinajstić information content (AvgIpc) is 3.41. The van der Waals surface area contributed by atoms with Crippen LogP contribution in [0.2, 0.25) is 0 Å². The molecule has 1 heterocycles. The first-order chi connectivity index (χ1) is 15.9. The third-order valence-corrected chi connectivity index (χ3v) is 7.42. The summed E-state index contributed by atoms with van der Waals surface area (Å²) in [4.78, 5) is 16.4. The van der Waals surface area contributed by atoms with Gasteiger partial charge in [0.25, 0.3) is 0 Å². The Kier molecular flexibility index (Phi) is 6.88. The number of rotatable bonds is 8. The van der Waals surface area contributed by atoms with Gasteiger partial charge in [0.1, 0.15) is 33.6 Å². The van der Waals surface area contributed by atoms with Crippen molar-refractivity contribution in [3.8, 4) is 32.8 Å². The van der Waals surface area contributed by atoms with Crippen molar-refractivity contribution in [3.05, 3.63) is 59.3 Å². The van der Waals surface area contributed by atoms with E-state index in [-0.39, 0.29) is 12.1 Å². The predicted molar refractivity (Wildman–Crippen MR) is 128 cm³/mol. The van der Waals surface area contributed by atoms with Crippen molar-refractivity contribution in [2.75, 3.05) is 5.75 Å². The summed E-state index contributed by atoms with van der Waals surface area (Å²) in [5, 5.41) is 19.2. The number of carbonyl (C=O) groups is 1. The summed E-state index contributed by atoms with van der Waals surface area (Å²) in [6, 6.07) is 13.6. The second-order valence-electron chi connectivity index (χ2n) is 7.99. The molecule has 33 heavy (non-hydrogen) atoms. The summed E-state index contributed by atoms with van der Waals surface area (Å²) in [6.45, 7) is 3.84. The zero-order valence-corrected chi connectivity index (χ0v) is 19.8. The SMILES string of the molecule is CC(C)Oc1ccc(-c2ncc(-c3cccc4c3CC[C@H]4NS(=O)CC(=O)O)s2)cc1C#N. The van der Waals surface area contributed by atoms with E-state index in [4.69, 9.17) is 9.84 Å². The molecule has 0 aliphatic heterocycles. The Balaban J connectivity index is 1.60. The lowest BCUT2D eigenvalue weighted by molar-refractivity contribution is -0.134. The molecule has 1 unspecified atom stereocenters. The van der Waals surface area contributed by atoms with Crippen molar-refractivity contribution < 1.29 is 18.8 Å². The number of carboxylic acid groups (broad SMARTS) is 1. The highest BCUT2D eigenvalue weighted by Crippen LogP contribution is 2.41. The quantitative estimate of drug-likeness (QED) is 0.491. The lowest BCUT2D eigenvalue weighted by Crippen LogP contribution is -2.26. The van der Waals surface area contributed by atoms with Gasteiger partial charge in [0.15, 0.2) is 0 Å². The Labute approximate surface area is 198 Å².